The molecule has 1 N–H and O–H groups in total. The van der Waals surface area contributed by atoms with Crippen LogP contribution in [0.1, 0.15) is 16.2 Å². The molecule has 3 rings (SSSR count). The van der Waals surface area contributed by atoms with Crippen LogP contribution in [0.4, 0.5) is 10.1 Å². The minimum atomic E-state index is -0.594. The van der Waals surface area contributed by atoms with Gasteiger partial charge in [0.1, 0.15) is 5.82 Å². The first-order valence-electron chi connectivity index (χ1n) is 6.70. The molecule has 7 heteroatoms. The van der Waals surface area contributed by atoms with Gasteiger partial charge in [-0.2, -0.15) is 4.98 Å². The Bertz CT molecular complexity index is 862. The number of aromatic nitrogens is 2. The smallest absolute Gasteiger partial charge is 0.257 e. The van der Waals surface area contributed by atoms with Gasteiger partial charge in [-0.3, -0.25) is 4.79 Å². The van der Waals surface area contributed by atoms with Crippen LogP contribution >= 0.6 is 11.6 Å². The summed E-state index contributed by atoms with van der Waals surface area (Å²) in [5.74, 6) is -0.124. The van der Waals surface area contributed by atoms with Gasteiger partial charge in [0, 0.05) is 16.1 Å². The summed E-state index contributed by atoms with van der Waals surface area (Å²) in [5, 5.41) is 6.46. The summed E-state index contributed by atoms with van der Waals surface area (Å²) in [6.45, 7) is 1.72. The van der Waals surface area contributed by atoms with Crippen molar-refractivity contribution >= 4 is 23.2 Å². The van der Waals surface area contributed by atoms with E-state index in [1.54, 1.807) is 31.2 Å². The van der Waals surface area contributed by atoms with E-state index >= 15 is 0 Å². The number of hydrogen-bond acceptors (Lipinski definition) is 4. The summed E-state index contributed by atoms with van der Waals surface area (Å²) in [6, 6.07) is 10.6. The van der Waals surface area contributed by atoms with Crippen molar-refractivity contribution in [2.24, 2.45) is 0 Å². The zero-order chi connectivity index (χ0) is 16.4. The molecular weight excluding hydrogens is 321 g/mol. The third-order valence-corrected chi connectivity index (χ3v) is 3.34. The first-order chi connectivity index (χ1) is 11.0. The number of amides is 1. The lowest BCUT2D eigenvalue weighted by molar-refractivity contribution is 0.102. The van der Waals surface area contributed by atoms with Gasteiger partial charge < -0.3 is 9.84 Å². The number of aryl methyl sites for hydroxylation is 1. The molecule has 0 saturated heterocycles. The van der Waals surface area contributed by atoms with Crippen LogP contribution in [-0.2, 0) is 0 Å². The Hall–Kier alpha value is -2.73. The molecule has 1 aromatic heterocycles. The molecule has 0 bridgehead atoms. The number of nitrogens with zero attached hydrogens (tertiary/aromatic N) is 2. The molecule has 116 valence electrons. The van der Waals surface area contributed by atoms with Crippen molar-refractivity contribution in [3.63, 3.8) is 0 Å². The van der Waals surface area contributed by atoms with Crippen LogP contribution in [0.5, 0.6) is 0 Å². The topological polar surface area (TPSA) is 68.0 Å². The Kier molecular flexibility index (Phi) is 4.08. The lowest BCUT2D eigenvalue weighted by atomic mass is 10.1. The molecular formula is C16H11ClFN3O2. The second-order valence-electron chi connectivity index (χ2n) is 4.80. The van der Waals surface area contributed by atoms with Gasteiger partial charge in [0.05, 0.1) is 5.69 Å². The predicted molar refractivity (Wildman–Crippen MR) is 83.8 cm³/mol. The molecule has 0 aliphatic carbocycles. The van der Waals surface area contributed by atoms with Crippen LogP contribution in [0.25, 0.3) is 11.5 Å². The molecule has 1 heterocycles. The summed E-state index contributed by atoms with van der Waals surface area (Å²) in [4.78, 5) is 16.2. The fraction of sp³-hybridized carbons (Fsp3) is 0.0625. The number of halogens is 2. The number of carbonyl (C=O) groups excluding carboxylic acids is 1. The van der Waals surface area contributed by atoms with Crippen molar-refractivity contribution in [2.75, 3.05) is 5.32 Å². The fourth-order valence-corrected chi connectivity index (χ4v) is 2.12. The second kappa shape index (κ2) is 6.18. The van der Waals surface area contributed by atoms with Crippen molar-refractivity contribution in [1.82, 2.24) is 10.1 Å². The number of hydrogen-bond donors (Lipinski definition) is 1. The van der Waals surface area contributed by atoms with E-state index in [9.17, 15) is 9.18 Å². The molecule has 0 spiro atoms. The highest BCUT2D eigenvalue weighted by Crippen LogP contribution is 2.21. The van der Waals surface area contributed by atoms with Gasteiger partial charge >= 0.3 is 0 Å². The third kappa shape index (κ3) is 3.37. The van der Waals surface area contributed by atoms with Crippen molar-refractivity contribution in [3.8, 4) is 11.5 Å². The Morgan fingerprint density at radius 2 is 1.96 bits per heavy atom. The van der Waals surface area contributed by atoms with Gasteiger partial charge in [-0.1, -0.05) is 16.8 Å². The normalized spacial score (nSPS) is 10.6. The molecule has 0 fully saturated rings. The molecule has 0 saturated carbocycles. The largest absolute Gasteiger partial charge is 0.334 e. The summed E-state index contributed by atoms with van der Waals surface area (Å²) < 4.78 is 18.7. The minimum Gasteiger partial charge on any atom is -0.334 e. The van der Waals surface area contributed by atoms with Gasteiger partial charge in [-0.15, -0.1) is 0 Å². The van der Waals surface area contributed by atoms with E-state index < -0.39 is 11.7 Å². The Morgan fingerprint density at radius 3 is 2.57 bits per heavy atom. The van der Waals surface area contributed by atoms with Crippen LogP contribution in [0.3, 0.4) is 0 Å². The maximum Gasteiger partial charge on any atom is 0.257 e. The van der Waals surface area contributed by atoms with Crippen LogP contribution in [0.15, 0.2) is 47.0 Å². The lowest BCUT2D eigenvalue weighted by Crippen LogP contribution is -2.12. The maximum absolute atomic E-state index is 13.7. The highest BCUT2D eigenvalue weighted by atomic mass is 35.5. The number of anilines is 1. The molecule has 0 aliphatic rings. The van der Waals surface area contributed by atoms with E-state index in [1.165, 1.54) is 12.1 Å². The monoisotopic (exact) mass is 331 g/mol. The van der Waals surface area contributed by atoms with E-state index in [4.69, 9.17) is 16.1 Å². The molecule has 3 aromatic rings. The predicted octanol–water partition coefficient (Wildman–Crippen LogP) is 4.09. The van der Waals surface area contributed by atoms with Crippen LogP contribution < -0.4 is 5.32 Å². The molecule has 0 unspecified atom stereocenters. The Labute approximate surface area is 136 Å². The first kappa shape index (κ1) is 15.2. The quantitative estimate of drug-likeness (QED) is 0.785. The summed E-state index contributed by atoms with van der Waals surface area (Å²) in [6.07, 6.45) is 0. The Balaban J connectivity index is 1.77. The molecule has 0 atom stereocenters. The van der Waals surface area contributed by atoms with Gasteiger partial charge in [0.15, 0.2) is 5.82 Å². The van der Waals surface area contributed by atoms with E-state index in [0.29, 0.717) is 22.8 Å². The Morgan fingerprint density at radius 1 is 1.22 bits per heavy atom. The standard InChI is InChI=1S/C16H11ClFN3O2/c1-9-19-16(23-21-9)11-4-2-10(3-5-11)15(22)20-14-7-6-12(17)8-13(14)18/h2-8H,1H3,(H,20,22). The summed E-state index contributed by atoms with van der Waals surface area (Å²) in [7, 11) is 0. The van der Waals surface area contributed by atoms with Gasteiger partial charge in [-0.05, 0) is 49.4 Å². The SMILES string of the molecule is Cc1noc(-c2ccc(C(=O)Nc3ccc(Cl)cc3F)cc2)n1. The third-order valence-electron chi connectivity index (χ3n) is 3.10. The second-order valence-corrected chi connectivity index (χ2v) is 5.24. The summed E-state index contributed by atoms with van der Waals surface area (Å²) in [5.41, 5.74) is 1.13. The number of carbonyl (C=O) groups is 1. The molecule has 0 radical (unpaired) electrons. The molecule has 0 aliphatic heterocycles. The maximum atomic E-state index is 13.7. The lowest BCUT2D eigenvalue weighted by Gasteiger charge is -2.07. The van der Waals surface area contributed by atoms with E-state index in [1.807, 2.05) is 0 Å². The van der Waals surface area contributed by atoms with Crippen molar-refractivity contribution in [1.29, 1.82) is 0 Å². The molecule has 5 nitrogen and oxygen atoms in total. The number of nitrogens with one attached hydrogen (secondary N) is 1. The first-order valence-corrected chi connectivity index (χ1v) is 7.08. The van der Waals surface area contributed by atoms with E-state index in [0.717, 1.165) is 6.07 Å². The van der Waals surface area contributed by atoms with Gasteiger partial charge in [-0.25, -0.2) is 4.39 Å². The van der Waals surface area contributed by atoms with Crippen LogP contribution in [-0.4, -0.2) is 16.0 Å². The summed E-state index contributed by atoms with van der Waals surface area (Å²) >= 11 is 5.68. The van der Waals surface area contributed by atoms with Crippen LogP contribution in [0, 0.1) is 12.7 Å². The highest BCUT2D eigenvalue weighted by molar-refractivity contribution is 6.30. The van der Waals surface area contributed by atoms with E-state index in [-0.39, 0.29) is 10.7 Å². The zero-order valence-corrected chi connectivity index (χ0v) is 12.8. The zero-order valence-electron chi connectivity index (χ0n) is 12.0. The molecule has 2 aromatic carbocycles. The van der Waals surface area contributed by atoms with Crippen molar-refractivity contribution in [2.45, 2.75) is 6.92 Å². The molecule has 23 heavy (non-hydrogen) atoms. The van der Waals surface area contributed by atoms with Gasteiger partial charge in [0.25, 0.3) is 11.8 Å². The molecule has 1 amide bonds. The number of benzene rings is 2. The number of rotatable bonds is 3. The van der Waals surface area contributed by atoms with Gasteiger partial charge in [0.2, 0.25) is 0 Å². The van der Waals surface area contributed by atoms with Crippen molar-refractivity contribution in [3.05, 3.63) is 64.7 Å². The minimum absolute atomic E-state index is 0.0657. The average Bonchev–Trinajstić information content (AvgIpc) is 2.97. The van der Waals surface area contributed by atoms with Crippen LogP contribution in [0.2, 0.25) is 5.02 Å². The fourth-order valence-electron chi connectivity index (χ4n) is 1.96. The highest BCUT2D eigenvalue weighted by Gasteiger charge is 2.11. The van der Waals surface area contributed by atoms with Crippen molar-refractivity contribution < 1.29 is 13.7 Å². The average molecular weight is 332 g/mol. The van der Waals surface area contributed by atoms with E-state index in [2.05, 4.69) is 15.5 Å².